The lowest BCUT2D eigenvalue weighted by Gasteiger charge is -2.38. The molecule has 4 heterocycles. The van der Waals surface area contributed by atoms with Gasteiger partial charge < -0.3 is 34.0 Å². The summed E-state index contributed by atoms with van der Waals surface area (Å²) in [5.41, 5.74) is -1.17. The Balaban J connectivity index is 1.43. The fourth-order valence-corrected chi connectivity index (χ4v) is 7.22. The molecule has 1 unspecified atom stereocenters. The standard InChI is InChI=1S/C33H37N3O7/c1-4-32-16-6-18-34(22-10-14-25(15-11-22)42-5-2)29(38)26(32)27-30(39)36(20-21-37)28-31(40)35(19-7-17-33(27,28)43-32)23-8-12-24(41-3)13-9-23/h6-17,26-28,37H,4-5,18-21H2,1-3H3/t26-,27-,28?,32+,33-/m0/s1. The number of hydrogen-bond donors (Lipinski definition) is 1. The number of hydrogen-bond acceptors (Lipinski definition) is 7. The van der Waals surface area contributed by atoms with Gasteiger partial charge in [-0.2, -0.15) is 0 Å². The minimum Gasteiger partial charge on any atom is -0.497 e. The number of carbonyl (C=O) groups excluding carboxylic acids is 3. The summed E-state index contributed by atoms with van der Waals surface area (Å²) in [7, 11) is 1.57. The molecule has 10 nitrogen and oxygen atoms in total. The minimum absolute atomic E-state index is 0.0559. The van der Waals surface area contributed by atoms with E-state index in [0.29, 0.717) is 42.4 Å². The van der Waals surface area contributed by atoms with Crippen molar-refractivity contribution in [1.82, 2.24) is 4.90 Å². The van der Waals surface area contributed by atoms with Crippen LogP contribution in [0.2, 0.25) is 0 Å². The molecule has 2 fully saturated rings. The van der Waals surface area contributed by atoms with Crippen molar-refractivity contribution in [1.29, 1.82) is 0 Å². The Bertz CT molecular complexity index is 1460. The fourth-order valence-electron chi connectivity index (χ4n) is 7.22. The zero-order valence-corrected chi connectivity index (χ0v) is 24.6. The lowest BCUT2D eigenvalue weighted by Crippen LogP contribution is -2.56. The van der Waals surface area contributed by atoms with Crippen molar-refractivity contribution in [3.8, 4) is 11.5 Å². The zero-order valence-electron chi connectivity index (χ0n) is 24.6. The molecule has 10 heteroatoms. The highest BCUT2D eigenvalue weighted by molar-refractivity contribution is 6.07. The molecule has 0 saturated carbocycles. The molecule has 4 aliphatic rings. The molecule has 0 aliphatic carbocycles. The highest BCUT2D eigenvalue weighted by atomic mass is 16.5. The van der Waals surface area contributed by atoms with E-state index in [2.05, 4.69) is 0 Å². The van der Waals surface area contributed by atoms with Crippen LogP contribution in [0.25, 0.3) is 0 Å². The summed E-state index contributed by atoms with van der Waals surface area (Å²) in [5.74, 6) is -1.43. The number of benzene rings is 2. The highest BCUT2D eigenvalue weighted by Crippen LogP contribution is 2.58. The first kappa shape index (κ1) is 28.9. The number of aliphatic hydroxyl groups is 1. The lowest BCUT2D eigenvalue weighted by atomic mass is 9.73. The number of likely N-dealkylation sites (tertiary alicyclic amines) is 1. The van der Waals surface area contributed by atoms with Gasteiger partial charge in [0.2, 0.25) is 11.8 Å². The average Bonchev–Trinajstić information content (AvgIpc) is 3.30. The summed E-state index contributed by atoms with van der Waals surface area (Å²) >= 11 is 0. The molecule has 0 radical (unpaired) electrons. The summed E-state index contributed by atoms with van der Waals surface area (Å²) in [6.45, 7) is 4.55. The van der Waals surface area contributed by atoms with Crippen LogP contribution in [-0.2, 0) is 19.1 Å². The topological polar surface area (TPSA) is 109 Å². The predicted molar refractivity (Wildman–Crippen MR) is 160 cm³/mol. The van der Waals surface area contributed by atoms with E-state index < -0.39 is 29.1 Å². The Morgan fingerprint density at radius 1 is 0.837 bits per heavy atom. The third kappa shape index (κ3) is 4.42. The minimum atomic E-state index is -1.40. The number of methoxy groups -OCH3 is 1. The molecule has 43 heavy (non-hydrogen) atoms. The van der Waals surface area contributed by atoms with E-state index in [0.717, 1.165) is 0 Å². The van der Waals surface area contributed by atoms with Crippen molar-refractivity contribution in [3.63, 3.8) is 0 Å². The lowest BCUT2D eigenvalue weighted by molar-refractivity contribution is -0.146. The Morgan fingerprint density at radius 2 is 1.44 bits per heavy atom. The predicted octanol–water partition coefficient (Wildman–Crippen LogP) is 2.95. The van der Waals surface area contributed by atoms with Gasteiger partial charge >= 0.3 is 0 Å². The van der Waals surface area contributed by atoms with Crippen LogP contribution < -0.4 is 19.3 Å². The monoisotopic (exact) mass is 587 g/mol. The van der Waals surface area contributed by atoms with Crippen LogP contribution in [0.15, 0.2) is 72.8 Å². The van der Waals surface area contributed by atoms with Gasteiger partial charge in [0.25, 0.3) is 5.91 Å². The number of anilines is 2. The third-order valence-corrected chi connectivity index (χ3v) is 9.12. The van der Waals surface area contributed by atoms with E-state index in [1.54, 1.807) is 41.2 Å². The van der Waals surface area contributed by atoms with Crippen LogP contribution in [0, 0.1) is 11.8 Å². The average molecular weight is 588 g/mol. The number of aliphatic hydroxyl groups excluding tert-OH is 1. The van der Waals surface area contributed by atoms with Crippen molar-refractivity contribution >= 4 is 29.1 Å². The normalized spacial score (nSPS) is 29.7. The van der Waals surface area contributed by atoms with Gasteiger partial charge in [-0.15, -0.1) is 0 Å². The maximum Gasteiger partial charge on any atom is 0.253 e. The summed E-state index contributed by atoms with van der Waals surface area (Å²) in [5, 5.41) is 9.98. The van der Waals surface area contributed by atoms with Crippen LogP contribution >= 0.6 is 0 Å². The Morgan fingerprint density at radius 3 is 2.02 bits per heavy atom. The van der Waals surface area contributed by atoms with Gasteiger partial charge in [0.05, 0.1) is 37.8 Å². The maximum absolute atomic E-state index is 14.6. The second-order valence-corrected chi connectivity index (χ2v) is 11.2. The molecule has 226 valence electrons. The van der Waals surface area contributed by atoms with E-state index >= 15 is 0 Å². The van der Waals surface area contributed by atoms with Crippen LogP contribution in [0.5, 0.6) is 11.5 Å². The molecule has 1 spiro atoms. The zero-order chi connectivity index (χ0) is 30.4. The van der Waals surface area contributed by atoms with Crippen molar-refractivity contribution in [2.24, 2.45) is 11.8 Å². The second-order valence-electron chi connectivity index (χ2n) is 11.2. The summed E-state index contributed by atoms with van der Waals surface area (Å²) < 4.78 is 17.8. The van der Waals surface area contributed by atoms with Gasteiger partial charge in [-0.25, -0.2) is 0 Å². The van der Waals surface area contributed by atoms with Gasteiger partial charge in [-0.1, -0.05) is 31.2 Å². The molecule has 0 aromatic heterocycles. The van der Waals surface area contributed by atoms with Crippen LogP contribution in [0.4, 0.5) is 11.4 Å². The molecule has 2 aromatic carbocycles. The Kier molecular flexibility index (Phi) is 7.52. The van der Waals surface area contributed by atoms with Crippen LogP contribution in [0.3, 0.4) is 0 Å². The number of nitrogens with zero attached hydrogens (tertiary/aromatic N) is 3. The van der Waals surface area contributed by atoms with E-state index in [1.807, 2.05) is 62.4 Å². The maximum atomic E-state index is 14.6. The molecular weight excluding hydrogens is 550 g/mol. The van der Waals surface area contributed by atoms with Crippen LogP contribution in [0.1, 0.15) is 20.3 Å². The second kappa shape index (κ2) is 11.2. The van der Waals surface area contributed by atoms with E-state index in [4.69, 9.17) is 14.2 Å². The molecule has 5 atom stereocenters. The Hall–Kier alpha value is -4.15. The van der Waals surface area contributed by atoms with Crippen molar-refractivity contribution in [2.75, 3.05) is 49.8 Å². The van der Waals surface area contributed by atoms with Gasteiger partial charge in [0.15, 0.2) is 0 Å². The molecule has 4 aliphatic heterocycles. The van der Waals surface area contributed by atoms with Crippen molar-refractivity contribution in [2.45, 2.75) is 37.5 Å². The first-order chi connectivity index (χ1) is 20.8. The number of rotatable bonds is 8. The van der Waals surface area contributed by atoms with Crippen molar-refractivity contribution in [3.05, 3.63) is 72.8 Å². The summed E-state index contributed by atoms with van der Waals surface area (Å²) in [6.07, 6.45) is 7.90. The molecule has 1 N–H and O–H groups in total. The van der Waals surface area contributed by atoms with Crippen LogP contribution in [-0.4, -0.2) is 84.9 Å². The van der Waals surface area contributed by atoms with Gasteiger partial charge in [-0.05, 0) is 61.9 Å². The number of fused-ring (bicyclic) bond motifs is 2. The number of β-amino-alcohol motifs (C(OH)–C–C–N with tert-alkyl or cyclic N) is 1. The number of ether oxygens (including phenoxy) is 3. The van der Waals surface area contributed by atoms with Gasteiger partial charge in [-0.3, -0.25) is 14.4 Å². The largest absolute Gasteiger partial charge is 0.497 e. The molecule has 2 saturated heterocycles. The number of amides is 3. The highest BCUT2D eigenvalue weighted by Gasteiger charge is 2.75. The summed E-state index contributed by atoms with van der Waals surface area (Å²) in [6, 6.07) is 13.4. The van der Waals surface area contributed by atoms with Crippen molar-refractivity contribution < 1.29 is 33.7 Å². The Labute approximate surface area is 251 Å². The number of carbonyl (C=O) groups is 3. The first-order valence-electron chi connectivity index (χ1n) is 14.8. The SMILES string of the molecule is CCOc1ccc(N2CC=C[C@@]3(CC)O[C@]45C=CCN(c6ccc(OC)cc6)C(=O)C4N(CCO)C(=O)[C@@H]5[C@H]3C2=O)cc1. The smallest absolute Gasteiger partial charge is 0.253 e. The summed E-state index contributed by atoms with van der Waals surface area (Å²) in [4.78, 5) is 48.0. The third-order valence-electron chi connectivity index (χ3n) is 9.12. The van der Waals surface area contributed by atoms with E-state index in [9.17, 15) is 19.5 Å². The molecule has 0 bridgehead atoms. The van der Waals surface area contributed by atoms with E-state index in [1.165, 1.54) is 4.90 Å². The molecular formula is C33H37N3O7. The first-order valence-corrected chi connectivity index (χ1v) is 14.8. The van der Waals surface area contributed by atoms with Gasteiger partial charge in [0, 0.05) is 31.0 Å². The molecule has 2 aromatic rings. The van der Waals surface area contributed by atoms with E-state index in [-0.39, 0.29) is 37.4 Å². The quantitative estimate of drug-likeness (QED) is 0.473. The fraction of sp³-hybridized carbons (Fsp3) is 0.424. The molecule has 3 amide bonds. The van der Waals surface area contributed by atoms with Gasteiger partial charge in [0.1, 0.15) is 23.1 Å². The molecule has 6 rings (SSSR count).